The second-order valence-electron chi connectivity index (χ2n) is 3.87. The molecule has 5 nitrogen and oxygen atoms in total. The van der Waals surface area contributed by atoms with Crippen molar-refractivity contribution in [3.05, 3.63) is 11.8 Å². The Balaban J connectivity index is 2.73. The average molecular weight is 336 g/mol. The minimum Gasteiger partial charge on any atom is -0.394 e. The molecule has 0 spiro atoms. The zero-order valence-corrected chi connectivity index (χ0v) is 11.8. The second-order valence-corrected chi connectivity index (χ2v) is 5.23. The number of hydrogen-bond donors (Lipinski definition) is 1. The maximum absolute atomic E-state index is 11.5. The van der Waals surface area contributed by atoms with Gasteiger partial charge in [-0.15, -0.1) is 0 Å². The lowest BCUT2D eigenvalue weighted by molar-refractivity contribution is -0.124. The Bertz CT molecular complexity index is 325. The molecule has 2 N–H and O–H groups in total. The number of rotatable bonds is 2. The summed E-state index contributed by atoms with van der Waals surface area (Å²) >= 11 is 2.26. The van der Waals surface area contributed by atoms with Crippen molar-refractivity contribution in [2.45, 2.75) is 6.42 Å². The van der Waals surface area contributed by atoms with Gasteiger partial charge in [-0.05, 0) is 12.5 Å². The first-order chi connectivity index (χ1) is 7.50. The van der Waals surface area contributed by atoms with E-state index in [-0.39, 0.29) is 11.6 Å². The van der Waals surface area contributed by atoms with Crippen LogP contribution in [0.2, 0.25) is 0 Å². The molecule has 0 aromatic carbocycles. The Morgan fingerprint density at radius 2 is 2.31 bits per heavy atom. The highest BCUT2D eigenvalue weighted by atomic mass is 127. The highest BCUT2D eigenvalue weighted by Gasteiger charge is 2.12. The standard InChI is InChI=1S/C10H17IN4O/c1-14(2)10(16)9(12)6-8-7-15(11)5-3-4-13-8/h6H,3-5,7,12H2,1-2H3. The number of hydrogen-bond acceptors (Lipinski definition) is 4. The molecule has 0 radical (unpaired) electrons. The Kier molecular flexibility index (Phi) is 5.20. The maximum atomic E-state index is 11.5. The summed E-state index contributed by atoms with van der Waals surface area (Å²) < 4.78 is 2.15. The quantitative estimate of drug-likeness (QED) is 0.452. The zero-order valence-electron chi connectivity index (χ0n) is 9.61. The van der Waals surface area contributed by atoms with Gasteiger partial charge in [0, 0.05) is 50.0 Å². The van der Waals surface area contributed by atoms with Crippen LogP contribution >= 0.6 is 22.9 Å². The molecule has 0 aromatic rings. The lowest BCUT2D eigenvalue weighted by Crippen LogP contribution is -2.28. The van der Waals surface area contributed by atoms with Crippen LogP contribution < -0.4 is 5.73 Å². The van der Waals surface area contributed by atoms with E-state index in [1.54, 1.807) is 20.2 Å². The normalized spacial score (nSPS) is 18.9. The molecule has 0 saturated carbocycles. The number of carbonyl (C=O) groups is 1. The fourth-order valence-electron chi connectivity index (χ4n) is 1.36. The number of nitrogens with zero attached hydrogens (tertiary/aromatic N) is 3. The van der Waals surface area contributed by atoms with Gasteiger partial charge in [0.1, 0.15) is 0 Å². The van der Waals surface area contributed by atoms with Gasteiger partial charge in [-0.25, -0.2) is 3.11 Å². The molecule has 1 rings (SSSR count). The van der Waals surface area contributed by atoms with Crippen molar-refractivity contribution in [2.24, 2.45) is 10.7 Å². The lowest BCUT2D eigenvalue weighted by atomic mass is 10.2. The Labute approximate surface area is 110 Å². The van der Waals surface area contributed by atoms with Crippen molar-refractivity contribution in [2.75, 3.05) is 33.7 Å². The van der Waals surface area contributed by atoms with Gasteiger partial charge in [0.05, 0.1) is 18.0 Å². The summed E-state index contributed by atoms with van der Waals surface area (Å²) in [6.45, 7) is 2.56. The monoisotopic (exact) mass is 336 g/mol. The van der Waals surface area contributed by atoms with Gasteiger partial charge in [0.2, 0.25) is 0 Å². The molecule has 0 atom stereocenters. The van der Waals surface area contributed by atoms with Crippen LogP contribution in [0.15, 0.2) is 16.8 Å². The Morgan fingerprint density at radius 3 is 2.94 bits per heavy atom. The summed E-state index contributed by atoms with van der Waals surface area (Å²) in [5.41, 5.74) is 6.83. The Morgan fingerprint density at radius 1 is 1.62 bits per heavy atom. The highest BCUT2D eigenvalue weighted by Crippen LogP contribution is 2.06. The van der Waals surface area contributed by atoms with E-state index in [9.17, 15) is 4.79 Å². The van der Waals surface area contributed by atoms with E-state index in [1.807, 2.05) is 0 Å². The van der Waals surface area contributed by atoms with Crippen LogP contribution in [0.1, 0.15) is 6.42 Å². The van der Waals surface area contributed by atoms with E-state index >= 15 is 0 Å². The largest absolute Gasteiger partial charge is 0.394 e. The third kappa shape index (κ3) is 4.09. The van der Waals surface area contributed by atoms with Crippen LogP contribution in [0.4, 0.5) is 0 Å². The second kappa shape index (κ2) is 6.19. The van der Waals surface area contributed by atoms with Crippen LogP contribution in [-0.2, 0) is 4.79 Å². The first-order valence-electron chi connectivity index (χ1n) is 5.13. The van der Waals surface area contributed by atoms with Crippen LogP contribution in [0, 0.1) is 0 Å². The molecule has 0 unspecified atom stereocenters. The smallest absolute Gasteiger partial charge is 0.269 e. The van der Waals surface area contributed by atoms with Crippen molar-refractivity contribution in [3.8, 4) is 0 Å². The highest BCUT2D eigenvalue weighted by molar-refractivity contribution is 14.1. The minimum absolute atomic E-state index is 0.174. The van der Waals surface area contributed by atoms with E-state index in [1.165, 1.54) is 4.90 Å². The molecule has 1 amide bonds. The summed E-state index contributed by atoms with van der Waals surface area (Å²) in [6.07, 6.45) is 2.72. The van der Waals surface area contributed by atoms with Crippen molar-refractivity contribution in [3.63, 3.8) is 0 Å². The first-order valence-corrected chi connectivity index (χ1v) is 6.10. The molecule has 0 saturated heterocycles. The van der Waals surface area contributed by atoms with Gasteiger partial charge in [-0.3, -0.25) is 9.79 Å². The predicted octanol–water partition coefficient (Wildman–Crippen LogP) is 0.414. The SMILES string of the molecule is CN(C)C(=O)C(N)=CC1=NCCCN(I)C1. The van der Waals surface area contributed by atoms with Crippen molar-refractivity contribution < 1.29 is 4.79 Å². The third-order valence-electron chi connectivity index (χ3n) is 2.18. The van der Waals surface area contributed by atoms with Gasteiger partial charge in [0.15, 0.2) is 0 Å². The number of amides is 1. The number of aliphatic imine (C=N–C) groups is 1. The van der Waals surface area contributed by atoms with Crippen LogP contribution in [-0.4, -0.2) is 53.4 Å². The van der Waals surface area contributed by atoms with E-state index < -0.39 is 0 Å². The van der Waals surface area contributed by atoms with Crippen LogP contribution in [0.5, 0.6) is 0 Å². The summed E-state index contributed by atoms with van der Waals surface area (Å²) in [4.78, 5) is 17.4. The molecule has 0 bridgehead atoms. The molecule has 0 aromatic heterocycles. The summed E-state index contributed by atoms with van der Waals surface area (Å²) in [5.74, 6) is -0.174. The lowest BCUT2D eigenvalue weighted by Gasteiger charge is -2.12. The number of likely N-dealkylation sites (N-methyl/N-ethyl adjacent to an activating group) is 1. The summed E-state index contributed by atoms with van der Waals surface area (Å²) in [5, 5.41) is 0. The van der Waals surface area contributed by atoms with Gasteiger partial charge >= 0.3 is 0 Å². The number of nitrogens with two attached hydrogens (primary N) is 1. The van der Waals surface area contributed by atoms with E-state index in [0.29, 0.717) is 0 Å². The van der Waals surface area contributed by atoms with E-state index in [4.69, 9.17) is 5.73 Å². The van der Waals surface area contributed by atoms with Crippen molar-refractivity contribution in [1.82, 2.24) is 8.01 Å². The first kappa shape index (κ1) is 13.4. The number of halogens is 1. The van der Waals surface area contributed by atoms with Crippen molar-refractivity contribution in [1.29, 1.82) is 0 Å². The summed E-state index contributed by atoms with van der Waals surface area (Å²) in [7, 11) is 3.37. The zero-order chi connectivity index (χ0) is 12.1. The van der Waals surface area contributed by atoms with E-state index in [0.717, 1.165) is 31.8 Å². The molecular weight excluding hydrogens is 319 g/mol. The average Bonchev–Trinajstić information content (AvgIpc) is 2.41. The third-order valence-corrected chi connectivity index (χ3v) is 3.01. The minimum atomic E-state index is -0.174. The van der Waals surface area contributed by atoms with Crippen LogP contribution in [0.25, 0.3) is 0 Å². The van der Waals surface area contributed by atoms with Gasteiger partial charge in [-0.2, -0.15) is 0 Å². The molecule has 1 aliphatic heterocycles. The van der Waals surface area contributed by atoms with Gasteiger partial charge in [0.25, 0.3) is 5.91 Å². The molecule has 16 heavy (non-hydrogen) atoms. The predicted molar refractivity (Wildman–Crippen MR) is 73.5 cm³/mol. The molecule has 0 fully saturated rings. The van der Waals surface area contributed by atoms with Gasteiger partial charge < -0.3 is 10.6 Å². The molecule has 1 aliphatic rings. The Hall–Kier alpha value is -0.630. The molecule has 0 aliphatic carbocycles. The molecular formula is C10H17IN4O. The molecule has 6 heteroatoms. The van der Waals surface area contributed by atoms with Gasteiger partial charge in [-0.1, -0.05) is 0 Å². The van der Waals surface area contributed by atoms with Crippen LogP contribution in [0.3, 0.4) is 0 Å². The maximum Gasteiger partial charge on any atom is 0.269 e. The van der Waals surface area contributed by atoms with E-state index in [2.05, 4.69) is 31.0 Å². The molecule has 1 heterocycles. The summed E-state index contributed by atoms with van der Waals surface area (Å²) in [6, 6.07) is 0. The number of carbonyl (C=O) groups excluding carboxylic acids is 1. The fraction of sp³-hybridized carbons (Fsp3) is 0.600. The van der Waals surface area contributed by atoms with Crippen molar-refractivity contribution >= 4 is 34.5 Å². The molecule has 90 valence electrons. The fourth-order valence-corrected chi connectivity index (χ4v) is 2.05. The topological polar surface area (TPSA) is 61.9 Å².